The molecular weight excluding hydrogens is 452 g/mol. The quantitative estimate of drug-likeness (QED) is 0.495. The van der Waals surface area contributed by atoms with Crippen LogP contribution in [0, 0.1) is 5.41 Å². The Morgan fingerprint density at radius 1 is 1.12 bits per heavy atom. The van der Waals surface area contributed by atoms with Gasteiger partial charge in [0.1, 0.15) is 24.4 Å². The van der Waals surface area contributed by atoms with Gasteiger partial charge in [-0.05, 0) is 65.8 Å². The molecule has 34 heavy (non-hydrogen) atoms. The third kappa shape index (κ3) is 4.81. The average molecular weight is 485 g/mol. The van der Waals surface area contributed by atoms with Crippen LogP contribution in [-0.2, 0) is 5.54 Å². The van der Waals surface area contributed by atoms with E-state index < -0.39 is 6.23 Å². The Hall–Kier alpha value is -2.52. The summed E-state index contributed by atoms with van der Waals surface area (Å²) in [6, 6.07) is 7.66. The van der Waals surface area contributed by atoms with E-state index >= 15 is 0 Å². The maximum absolute atomic E-state index is 6.56. The van der Waals surface area contributed by atoms with Crippen molar-refractivity contribution in [2.45, 2.75) is 89.6 Å². The molecule has 0 saturated heterocycles. The van der Waals surface area contributed by atoms with Crippen LogP contribution in [-0.4, -0.2) is 41.0 Å². The Bertz CT molecular complexity index is 1070. The number of nitrogens with zero attached hydrogens (tertiary/aromatic N) is 7. The Morgan fingerprint density at radius 2 is 1.85 bits per heavy atom. The van der Waals surface area contributed by atoms with Gasteiger partial charge in [0.2, 0.25) is 6.23 Å². The second-order valence-electron chi connectivity index (χ2n) is 10.7. The van der Waals surface area contributed by atoms with Gasteiger partial charge in [0.15, 0.2) is 5.82 Å². The zero-order chi connectivity index (χ0) is 23.8. The van der Waals surface area contributed by atoms with E-state index in [2.05, 4.69) is 51.7 Å². The molecule has 10 heteroatoms. The van der Waals surface area contributed by atoms with E-state index in [0.717, 1.165) is 18.7 Å². The molecule has 0 amide bonds. The molecule has 1 aromatic carbocycles. The van der Waals surface area contributed by atoms with E-state index in [1.54, 1.807) is 11.0 Å². The summed E-state index contributed by atoms with van der Waals surface area (Å²) in [5.74, 6) is 1.58. The maximum atomic E-state index is 6.56. The van der Waals surface area contributed by atoms with Crippen LogP contribution in [0.2, 0.25) is 5.02 Å². The van der Waals surface area contributed by atoms with Gasteiger partial charge in [-0.3, -0.25) is 0 Å². The van der Waals surface area contributed by atoms with Crippen molar-refractivity contribution in [3.63, 3.8) is 0 Å². The van der Waals surface area contributed by atoms with Crippen LogP contribution in [0.5, 0.6) is 5.75 Å². The van der Waals surface area contributed by atoms with Crippen molar-refractivity contribution in [3.8, 4) is 5.75 Å². The van der Waals surface area contributed by atoms with E-state index in [-0.39, 0.29) is 17.0 Å². The first-order valence-corrected chi connectivity index (χ1v) is 12.6. The van der Waals surface area contributed by atoms with Gasteiger partial charge in [0, 0.05) is 11.1 Å². The van der Waals surface area contributed by atoms with Crippen LogP contribution in [0.15, 0.2) is 36.9 Å². The van der Waals surface area contributed by atoms with E-state index in [0.29, 0.717) is 16.8 Å². The first kappa shape index (κ1) is 23.2. The molecular formula is C24H33ClN8O. The number of ether oxygens (including phenoxy) is 1. The smallest absolute Gasteiger partial charge is 0.215 e. The molecule has 0 bridgehead atoms. The van der Waals surface area contributed by atoms with E-state index in [4.69, 9.17) is 16.3 Å². The highest BCUT2D eigenvalue weighted by Gasteiger charge is 2.47. The van der Waals surface area contributed by atoms with Crippen molar-refractivity contribution in [1.82, 2.24) is 40.3 Å². The molecule has 2 aromatic heterocycles. The molecule has 182 valence electrons. The molecule has 0 unspecified atom stereocenters. The van der Waals surface area contributed by atoms with Crippen molar-refractivity contribution in [3.05, 3.63) is 47.8 Å². The molecule has 3 aromatic rings. The molecule has 2 aliphatic rings. The van der Waals surface area contributed by atoms with Gasteiger partial charge in [-0.25, -0.2) is 14.3 Å². The zero-order valence-corrected chi connectivity index (χ0v) is 20.8. The second kappa shape index (κ2) is 9.26. The highest BCUT2D eigenvalue weighted by Crippen LogP contribution is 2.44. The molecule has 2 fully saturated rings. The van der Waals surface area contributed by atoms with Crippen LogP contribution in [0.4, 0.5) is 0 Å². The summed E-state index contributed by atoms with van der Waals surface area (Å²) in [4.78, 5) is 4.20. The number of aromatic nitrogens is 7. The molecule has 0 aliphatic heterocycles. The Balaban J connectivity index is 1.58. The van der Waals surface area contributed by atoms with Crippen LogP contribution >= 0.6 is 11.6 Å². The van der Waals surface area contributed by atoms with Gasteiger partial charge >= 0.3 is 0 Å². The normalized spacial score (nSPS) is 20.1. The monoisotopic (exact) mass is 484 g/mol. The largest absolute Gasteiger partial charge is 0.466 e. The maximum Gasteiger partial charge on any atom is 0.215 e. The van der Waals surface area contributed by atoms with Crippen LogP contribution < -0.4 is 10.1 Å². The van der Waals surface area contributed by atoms with Crippen LogP contribution in [0.1, 0.15) is 83.8 Å². The van der Waals surface area contributed by atoms with Gasteiger partial charge in [0.25, 0.3) is 0 Å². The molecule has 2 heterocycles. The molecule has 2 saturated carbocycles. The first-order valence-electron chi connectivity index (χ1n) is 12.2. The Kier molecular flexibility index (Phi) is 6.33. The highest BCUT2D eigenvalue weighted by atomic mass is 35.5. The van der Waals surface area contributed by atoms with Crippen molar-refractivity contribution >= 4 is 11.6 Å². The topological polar surface area (TPSA) is 95.6 Å². The van der Waals surface area contributed by atoms with E-state index in [1.165, 1.54) is 38.4 Å². The summed E-state index contributed by atoms with van der Waals surface area (Å²) in [7, 11) is 0. The lowest BCUT2D eigenvalue weighted by Crippen LogP contribution is -2.49. The number of rotatable bonds is 8. The predicted molar refractivity (Wildman–Crippen MR) is 128 cm³/mol. The molecule has 5 rings (SSSR count). The zero-order valence-electron chi connectivity index (χ0n) is 20.1. The Morgan fingerprint density at radius 3 is 2.47 bits per heavy atom. The molecule has 1 N–H and O–H groups in total. The lowest BCUT2D eigenvalue weighted by molar-refractivity contribution is -0.00375. The fourth-order valence-corrected chi connectivity index (χ4v) is 5.21. The van der Waals surface area contributed by atoms with E-state index in [1.807, 2.05) is 28.9 Å². The molecule has 9 nitrogen and oxygen atoms in total. The second-order valence-corrected chi connectivity index (χ2v) is 11.1. The number of halogens is 1. The predicted octanol–water partition coefficient (Wildman–Crippen LogP) is 4.69. The number of tetrazole rings is 1. The van der Waals surface area contributed by atoms with Crippen molar-refractivity contribution in [2.24, 2.45) is 5.41 Å². The molecule has 0 spiro atoms. The highest BCUT2D eigenvalue weighted by molar-refractivity contribution is 6.30. The summed E-state index contributed by atoms with van der Waals surface area (Å²) >= 11 is 6.11. The standard InChI is InChI=1S/C24H33ClN8O/c1-23(2,3)20(21(32-16-26-15-27-32)34-19-11-7-17(25)8-12-19)33-22(29-30-31-33)24(28-18-9-10-18)13-5-4-6-14-24/h7-8,11-12,15-16,18,20-21,28H,4-6,9-10,13-14H2,1-3H3/t20-,21+/m0/s1. The summed E-state index contributed by atoms with van der Waals surface area (Å²) in [5.41, 5.74) is -0.484. The van der Waals surface area contributed by atoms with Crippen molar-refractivity contribution < 1.29 is 4.74 Å². The van der Waals surface area contributed by atoms with Gasteiger partial charge in [0.05, 0.1) is 5.54 Å². The van der Waals surface area contributed by atoms with Crippen molar-refractivity contribution in [1.29, 1.82) is 0 Å². The minimum Gasteiger partial charge on any atom is -0.466 e. The minimum atomic E-state index is -0.521. The van der Waals surface area contributed by atoms with Gasteiger partial charge in [-0.2, -0.15) is 5.10 Å². The van der Waals surface area contributed by atoms with Gasteiger partial charge < -0.3 is 10.1 Å². The van der Waals surface area contributed by atoms with Crippen LogP contribution in [0.25, 0.3) is 0 Å². The number of benzene rings is 1. The fraction of sp³-hybridized carbons (Fsp3) is 0.625. The lowest BCUT2D eigenvalue weighted by Gasteiger charge is -2.41. The molecule has 2 aliphatic carbocycles. The lowest BCUT2D eigenvalue weighted by atomic mass is 9.79. The summed E-state index contributed by atoms with van der Waals surface area (Å²) < 4.78 is 10.3. The van der Waals surface area contributed by atoms with Crippen LogP contribution in [0.3, 0.4) is 0 Å². The summed E-state index contributed by atoms with van der Waals surface area (Å²) in [6.07, 6.45) is 10.8. The van der Waals surface area contributed by atoms with Gasteiger partial charge in [-0.1, -0.05) is 51.6 Å². The van der Waals surface area contributed by atoms with E-state index in [9.17, 15) is 0 Å². The SMILES string of the molecule is CC(C)(C)[C@H]([C@@H](Oc1ccc(Cl)cc1)n1cncn1)n1nnnc1C1(NC2CC2)CCCCC1. The number of nitrogens with one attached hydrogen (secondary N) is 1. The molecule has 0 radical (unpaired) electrons. The average Bonchev–Trinajstić information content (AvgIpc) is 3.25. The van der Waals surface area contributed by atoms with Crippen molar-refractivity contribution in [2.75, 3.05) is 0 Å². The minimum absolute atomic E-state index is 0.223. The third-order valence-corrected chi connectivity index (χ3v) is 7.13. The summed E-state index contributed by atoms with van der Waals surface area (Å²) in [5, 5.41) is 22.4. The third-order valence-electron chi connectivity index (χ3n) is 6.87. The fourth-order valence-electron chi connectivity index (χ4n) is 5.08. The Labute approximate surface area is 205 Å². The number of hydrogen-bond donors (Lipinski definition) is 1. The molecule has 2 atom stereocenters. The first-order chi connectivity index (χ1) is 16.4. The summed E-state index contributed by atoms with van der Waals surface area (Å²) in [6.45, 7) is 6.54. The number of hydrogen-bond acceptors (Lipinski definition) is 7. The van der Waals surface area contributed by atoms with Gasteiger partial charge in [-0.15, -0.1) is 5.10 Å².